The molecule has 1 unspecified atom stereocenters. The smallest absolute Gasteiger partial charge is 0.251 e. The molecule has 0 aliphatic carbocycles. The van der Waals surface area contributed by atoms with Gasteiger partial charge in [0.15, 0.2) is 0 Å². The maximum absolute atomic E-state index is 11.9. The van der Waals surface area contributed by atoms with Crippen molar-refractivity contribution >= 4 is 11.6 Å². The molecule has 94 valence electrons. The maximum atomic E-state index is 11.9. The number of rotatable bonds is 5. The molecule has 1 atom stereocenters. The molecule has 17 heavy (non-hydrogen) atoms. The summed E-state index contributed by atoms with van der Waals surface area (Å²) in [6, 6.07) is 5.97. The van der Waals surface area contributed by atoms with Crippen LogP contribution < -0.4 is 10.6 Å². The van der Waals surface area contributed by atoms with E-state index in [1.807, 2.05) is 32.0 Å². The molecule has 0 radical (unpaired) electrons. The van der Waals surface area contributed by atoms with Crippen molar-refractivity contribution in [2.45, 2.75) is 40.2 Å². The molecule has 3 heteroatoms. The lowest BCUT2D eigenvalue weighted by molar-refractivity contribution is 0.0939. The fourth-order valence-corrected chi connectivity index (χ4v) is 1.60. The van der Waals surface area contributed by atoms with Crippen LogP contribution >= 0.6 is 0 Å². The monoisotopic (exact) mass is 234 g/mol. The first-order valence-electron chi connectivity index (χ1n) is 6.23. The van der Waals surface area contributed by atoms with Gasteiger partial charge < -0.3 is 10.6 Å². The SMILES string of the molecule is CCNc1ccc(C(=O)NC(C)CC)cc1C. The predicted octanol–water partition coefficient (Wildman–Crippen LogP) is 2.96. The minimum absolute atomic E-state index is 0.00509. The van der Waals surface area contributed by atoms with Crippen molar-refractivity contribution in [2.75, 3.05) is 11.9 Å². The molecular formula is C14H22N2O. The molecule has 0 saturated carbocycles. The molecule has 0 fully saturated rings. The van der Waals surface area contributed by atoms with E-state index in [2.05, 4.69) is 24.5 Å². The van der Waals surface area contributed by atoms with Crippen LogP contribution in [0.4, 0.5) is 5.69 Å². The Balaban J connectivity index is 2.79. The highest BCUT2D eigenvalue weighted by molar-refractivity contribution is 5.95. The number of hydrogen-bond donors (Lipinski definition) is 2. The van der Waals surface area contributed by atoms with Gasteiger partial charge >= 0.3 is 0 Å². The van der Waals surface area contributed by atoms with Crippen LogP contribution in [0.1, 0.15) is 43.1 Å². The molecule has 2 N–H and O–H groups in total. The zero-order chi connectivity index (χ0) is 12.8. The fraction of sp³-hybridized carbons (Fsp3) is 0.500. The Labute approximate surface area is 104 Å². The summed E-state index contributed by atoms with van der Waals surface area (Å²) in [6.45, 7) is 9.03. The Morgan fingerprint density at radius 2 is 2.06 bits per heavy atom. The summed E-state index contributed by atoms with van der Waals surface area (Å²) in [4.78, 5) is 11.9. The van der Waals surface area contributed by atoms with Crippen molar-refractivity contribution in [1.29, 1.82) is 0 Å². The Morgan fingerprint density at radius 3 is 2.59 bits per heavy atom. The number of nitrogens with one attached hydrogen (secondary N) is 2. The summed E-state index contributed by atoms with van der Waals surface area (Å²) < 4.78 is 0. The standard InChI is InChI=1S/C14H22N2O/c1-5-11(4)16-14(17)12-7-8-13(15-6-2)10(3)9-12/h7-9,11,15H,5-6H2,1-4H3,(H,16,17). The van der Waals surface area contributed by atoms with Crippen LogP contribution in [0.15, 0.2) is 18.2 Å². The van der Waals surface area contributed by atoms with Crippen LogP contribution in [0.25, 0.3) is 0 Å². The van der Waals surface area contributed by atoms with Crippen LogP contribution in [0.3, 0.4) is 0 Å². The van der Waals surface area contributed by atoms with Crippen molar-refractivity contribution < 1.29 is 4.79 Å². The lowest BCUT2D eigenvalue weighted by Gasteiger charge is -2.13. The van der Waals surface area contributed by atoms with E-state index in [0.29, 0.717) is 0 Å². The molecule has 0 saturated heterocycles. The van der Waals surface area contributed by atoms with Crippen LogP contribution in [0.2, 0.25) is 0 Å². The molecule has 1 aromatic carbocycles. The summed E-state index contributed by atoms with van der Waals surface area (Å²) >= 11 is 0. The first-order chi connectivity index (χ1) is 8.08. The van der Waals surface area contributed by atoms with Gasteiger partial charge in [-0.2, -0.15) is 0 Å². The Kier molecular flexibility index (Phi) is 5.01. The van der Waals surface area contributed by atoms with E-state index in [9.17, 15) is 4.79 Å². The Hall–Kier alpha value is -1.51. The molecule has 3 nitrogen and oxygen atoms in total. The van der Waals surface area contributed by atoms with E-state index >= 15 is 0 Å². The summed E-state index contributed by atoms with van der Waals surface area (Å²) in [5.41, 5.74) is 2.92. The highest BCUT2D eigenvalue weighted by Gasteiger charge is 2.09. The van der Waals surface area contributed by atoms with E-state index in [0.717, 1.165) is 29.8 Å². The van der Waals surface area contributed by atoms with Gasteiger partial charge in [0.2, 0.25) is 0 Å². The first-order valence-corrected chi connectivity index (χ1v) is 6.23. The molecule has 1 amide bonds. The quantitative estimate of drug-likeness (QED) is 0.822. The van der Waals surface area contributed by atoms with Crippen molar-refractivity contribution in [2.24, 2.45) is 0 Å². The second kappa shape index (κ2) is 6.28. The zero-order valence-corrected chi connectivity index (χ0v) is 11.1. The van der Waals surface area contributed by atoms with Gasteiger partial charge in [-0.3, -0.25) is 4.79 Å². The molecule has 0 bridgehead atoms. The average Bonchev–Trinajstić information content (AvgIpc) is 2.31. The fourth-order valence-electron chi connectivity index (χ4n) is 1.60. The van der Waals surface area contributed by atoms with Gasteiger partial charge in [0.25, 0.3) is 5.91 Å². The molecule has 0 heterocycles. The number of hydrogen-bond acceptors (Lipinski definition) is 2. The lowest BCUT2D eigenvalue weighted by Crippen LogP contribution is -2.31. The summed E-state index contributed by atoms with van der Waals surface area (Å²) in [5.74, 6) is 0.00509. The second-order valence-electron chi connectivity index (χ2n) is 4.34. The van der Waals surface area contributed by atoms with Crippen molar-refractivity contribution in [3.8, 4) is 0 Å². The van der Waals surface area contributed by atoms with E-state index < -0.39 is 0 Å². The third-order valence-corrected chi connectivity index (χ3v) is 2.85. The minimum atomic E-state index is 0.00509. The third kappa shape index (κ3) is 3.77. The molecule has 0 spiro atoms. The lowest BCUT2D eigenvalue weighted by atomic mass is 10.1. The van der Waals surface area contributed by atoms with Crippen molar-refractivity contribution in [3.63, 3.8) is 0 Å². The number of anilines is 1. The van der Waals surface area contributed by atoms with Crippen molar-refractivity contribution in [1.82, 2.24) is 5.32 Å². The normalized spacial score (nSPS) is 12.0. The molecule has 1 rings (SSSR count). The van der Waals surface area contributed by atoms with Crippen molar-refractivity contribution in [3.05, 3.63) is 29.3 Å². The topological polar surface area (TPSA) is 41.1 Å². The number of carbonyl (C=O) groups excluding carboxylic acids is 1. The highest BCUT2D eigenvalue weighted by atomic mass is 16.1. The van der Waals surface area contributed by atoms with Gasteiger partial charge in [-0.1, -0.05) is 6.92 Å². The molecule has 0 aliphatic rings. The van der Waals surface area contributed by atoms with Gasteiger partial charge in [0.1, 0.15) is 0 Å². The number of aryl methyl sites for hydroxylation is 1. The van der Waals surface area contributed by atoms with E-state index in [-0.39, 0.29) is 11.9 Å². The van der Waals surface area contributed by atoms with Gasteiger partial charge in [-0.25, -0.2) is 0 Å². The molecule has 0 aliphatic heterocycles. The van der Waals surface area contributed by atoms with Crippen LogP contribution in [-0.4, -0.2) is 18.5 Å². The third-order valence-electron chi connectivity index (χ3n) is 2.85. The van der Waals surface area contributed by atoms with E-state index in [1.165, 1.54) is 0 Å². The Bertz CT molecular complexity index is 388. The number of benzene rings is 1. The van der Waals surface area contributed by atoms with E-state index in [4.69, 9.17) is 0 Å². The number of carbonyl (C=O) groups is 1. The summed E-state index contributed by atoms with van der Waals surface area (Å²) in [7, 11) is 0. The van der Waals surface area contributed by atoms with Crippen LogP contribution in [0, 0.1) is 6.92 Å². The summed E-state index contributed by atoms with van der Waals surface area (Å²) in [6.07, 6.45) is 0.945. The van der Waals surface area contributed by atoms with E-state index in [1.54, 1.807) is 0 Å². The van der Waals surface area contributed by atoms with Gasteiger partial charge in [0, 0.05) is 23.8 Å². The predicted molar refractivity (Wildman–Crippen MR) is 72.6 cm³/mol. The van der Waals surface area contributed by atoms with Gasteiger partial charge in [-0.15, -0.1) is 0 Å². The molecule has 0 aromatic heterocycles. The Morgan fingerprint density at radius 1 is 1.35 bits per heavy atom. The zero-order valence-electron chi connectivity index (χ0n) is 11.1. The maximum Gasteiger partial charge on any atom is 0.251 e. The first kappa shape index (κ1) is 13.6. The minimum Gasteiger partial charge on any atom is -0.385 e. The largest absolute Gasteiger partial charge is 0.385 e. The second-order valence-corrected chi connectivity index (χ2v) is 4.34. The average molecular weight is 234 g/mol. The van der Waals surface area contributed by atoms with Crippen LogP contribution in [0.5, 0.6) is 0 Å². The molecular weight excluding hydrogens is 212 g/mol. The van der Waals surface area contributed by atoms with Gasteiger partial charge in [-0.05, 0) is 51.0 Å². The molecule has 1 aromatic rings. The van der Waals surface area contributed by atoms with Gasteiger partial charge in [0.05, 0.1) is 0 Å². The number of amides is 1. The van der Waals surface area contributed by atoms with Crippen LogP contribution in [-0.2, 0) is 0 Å². The highest BCUT2D eigenvalue weighted by Crippen LogP contribution is 2.16. The summed E-state index contributed by atoms with van der Waals surface area (Å²) in [5, 5.41) is 6.23.